The van der Waals surface area contributed by atoms with Crippen LogP contribution in [0.5, 0.6) is 0 Å². The van der Waals surface area contributed by atoms with Gasteiger partial charge >= 0.3 is 0 Å². The van der Waals surface area contributed by atoms with E-state index in [2.05, 4.69) is 41.5 Å². The molecule has 1 aliphatic rings. The van der Waals surface area contributed by atoms with Crippen LogP contribution >= 0.6 is 0 Å². The first-order valence-corrected chi connectivity index (χ1v) is 4.99. The van der Waals surface area contributed by atoms with Crippen LogP contribution in [-0.2, 0) is 9.78 Å². The van der Waals surface area contributed by atoms with Crippen molar-refractivity contribution in [3.8, 4) is 0 Å². The van der Waals surface area contributed by atoms with Crippen LogP contribution in [0, 0.1) is 5.41 Å². The van der Waals surface area contributed by atoms with Crippen LogP contribution in [0.1, 0.15) is 54.4 Å². The summed E-state index contributed by atoms with van der Waals surface area (Å²) in [6.45, 7) is 12.9. The van der Waals surface area contributed by atoms with E-state index in [0.29, 0.717) is 0 Å². The SMILES string of the molecule is CC1(C)CC(C)(C)OOC(C)(C)C1. The fourth-order valence-electron chi connectivity index (χ4n) is 2.65. The summed E-state index contributed by atoms with van der Waals surface area (Å²) in [7, 11) is 0. The van der Waals surface area contributed by atoms with Gasteiger partial charge in [-0.25, -0.2) is 9.78 Å². The standard InChI is InChI=1S/C11H22O2/c1-9(2)7-10(3,4)12-13-11(5,6)8-9/h7-8H2,1-6H3. The Labute approximate surface area is 81.5 Å². The molecule has 1 aliphatic heterocycles. The van der Waals surface area contributed by atoms with Crippen molar-refractivity contribution in [2.24, 2.45) is 5.41 Å². The van der Waals surface area contributed by atoms with E-state index < -0.39 is 0 Å². The minimum Gasteiger partial charge on any atom is -0.230 e. The monoisotopic (exact) mass is 186 g/mol. The molecule has 0 aliphatic carbocycles. The molecule has 0 atom stereocenters. The van der Waals surface area contributed by atoms with Crippen LogP contribution in [0.3, 0.4) is 0 Å². The van der Waals surface area contributed by atoms with Gasteiger partial charge in [0.1, 0.15) is 0 Å². The molecule has 1 heterocycles. The fraction of sp³-hybridized carbons (Fsp3) is 1.00. The molecule has 13 heavy (non-hydrogen) atoms. The van der Waals surface area contributed by atoms with Crippen molar-refractivity contribution in [3.63, 3.8) is 0 Å². The fourth-order valence-corrected chi connectivity index (χ4v) is 2.65. The zero-order chi connectivity index (χ0) is 10.3. The molecule has 2 nitrogen and oxygen atoms in total. The highest BCUT2D eigenvalue weighted by atomic mass is 17.2. The third-order valence-corrected chi connectivity index (χ3v) is 2.30. The summed E-state index contributed by atoms with van der Waals surface area (Å²) in [6.07, 6.45) is 2.06. The molecule has 0 radical (unpaired) electrons. The van der Waals surface area contributed by atoms with Gasteiger partial charge in [0.15, 0.2) is 0 Å². The van der Waals surface area contributed by atoms with E-state index in [9.17, 15) is 0 Å². The second kappa shape index (κ2) is 2.96. The van der Waals surface area contributed by atoms with Gasteiger partial charge in [-0.15, -0.1) is 0 Å². The van der Waals surface area contributed by atoms with Crippen molar-refractivity contribution >= 4 is 0 Å². The molecule has 2 heteroatoms. The number of rotatable bonds is 0. The van der Waals surface area contributed by atoms with E-state index in [4.69, 9.17) is 9.78 Å². The van der Waals surface area contributed by atoms with Gasteiger partial charge in [-0.1, -0.05) is 13.8 Å². The summed E-state index contributed by atoms with van der Waals surface area (Å²) in [5.41, 5.74) is -0.0575. The van der Waals surface area contributed by atoms with Crippen LogP contribution in [0.4, 0.5) is 0 Å². The minimum atomic E-state index is -0.169. The van der Waals surface area contributed by atoms with Crippen molar-refractivity contribution in [1.82, 2.24) is 0 Å². The second-order valence-corrected chi connectivity index (χ2v) is 6.20. The van der Waals surface area contributed by atoms with Gasteiger partial charge in [-0.3, -0.25) is 0 Å². The Morgan fingerprint density at radius 1 is 0.692 bits per heavy atom. The largest absolute Gasteiger partial charge is 0.230 e. The lowest BCUT2D eigenvalue weighted by molar-refractivity contribution is -0.393. The van der Waals surface area contributed by atoms with E-state index >= 15 is 0 Å². The first-order chi connectivity index (χ1) is 5.62. The molecule has 0 aromatic heterocycles. The Balaban J connectivity index is 2.82. The highest BCUT2D eigenvalue weighted by molar-refractivity contribution is 4.87. The maximum atomic E-state index is 5.44. The zero-order valence-electron chi connectivity index (χ0n) is 9.73. The minimum absolute atomic E-state index is 0.169. The van der Waals surface area contributed by atoms with E-state index in [-0.39, 0.29) is 16.6 Å². The average molecular weight is 186 g/mol. The van der Waals surface area contributed by atoms with Crippen LogP contribution in [0.15, 0.2) is 0 Å². The Kier molecular flexibility index (Phi) is 2.50. The van der Waals surface area contributed by atoms with Gasteiger partial charge in [0, 0.05) is 0 Å². The highest BCUT2D eigenvalue weighted by Gasteiger charge is 2.40. The molecule has 0 aromatic rings. The predicted octanol–water partition coefficient (Wildman–Crippen LogP) is 3.31. The average Bonchev–Trinajstić information content (AvgIpc) is 1.83. The molecule has 1 saturated heterocycles. The van der Waals surface area contributed by atoms with Crippen molar-refractivity contribution in [1.29, 1.82) is 0 Å². The molecular formula is C11H22O2. The lowest BCUT2D eigenvalue weighted by Crippen LogP contribution is -2.28. The van der Waals surface area contributed by atoms with Crippen molar-refractivity contribution < 1.29 is 9.78 Å². The molecule has 0 amide bonds. The summed E-state index contributed by atoms with van der Waals surface area (Å²) in [5.74, 6) is 0. The van der Waals surface area contributed by atoms with Gasteiger partial charge in [0.05, 0.1) is 11.2 Å². The molecule has 0 saturated carbocycles. The normalized spacial score (nSPS) is 30.9. The summed E-state index contributed by atoms with van der Waals surface area (Å²) in [4.78, 5) is 10.9. The predicted molar refractivity (Wildman–Crippen MR) is 53.3 cm³/mol. The molecule has 0 bridgehead atoms. The lowest BCUT2D eigenvalue weighted by atomic mass is 9.75. The van der Waals surface area contributed by atoms with E-state index in [0.717, 1.165) is 12.8 Å². The molecule has 0 N–H and O–H groups in total. The Morgan fingerprint density at radius 2 is 1.00 bits per heavy atom. The third kappa shape index (κ3) is 3.28. The first-order valence-electron chi connectivity index (χ1n) is 4.99. The molecule has 78 valence electrons. The molecule has 0 unspecified atom stereocenters. The first kappa shape index (κ1) is 11.0. The van der Waals surface area contributed by atoms with Gasteiger partial charge in [-0.05, 0) is 46.0 Å². The Morgan fingerprint density at radius 3 is 1.31 bits per heavy atom. The Hall–Kier alpha value is -0.0800. The molecule has 1 fully saturated rings. The number of hydrogen-bond acceptors (Lipinski definition) is 2. The highest BCUT2D eigenvalue weighted by Crippen LogP contribution is 2.42. The smallest absolute Gasteiger partial charge is 0.0985 e. The van der Waals surface area contributed by atoms with Crippen LogP contribution < -0.4 is 0 Å². The summed E-state index contributed by atoms with van der Waals surface area (Å²) < 4.78 is 0. The molecule has 1 rings (SSSR count). The van der Waals surface area contributed by atoms with Crippen LogP contribution in [0.25, 0.3) is 0 Å². The van der Waals surface area contributed by atoms with Crippen molar-refractivity contribution in [3.05, 3.63) is 0 Å². The van der Waals surface area contributed by atoms with E-state index in [1.54, 1.807) is 0 Å². The molecular weight excluding hydrogens is 164 g/mol. The van der Waals surface area contributed by atoms with E-state index in [1.807, 2.05) is 0 Å². The van der Waals surface area contributed by atoms with Crippen molar-refractivity contribution in [2.45, 2.75) is 65.6 Å². The van der Waals surface area contributed by atoms with Crippen molar-refractivity contribution in [2.75, 3.05) is 0 Å². The van der Waals surface area contributed by atoms with Gasteiger partial charge in [0.25, 0.3) is 0 Å². The third-order valence-electron chi connectivity index (χ3n) is 2.30. The van der Waals surface area contributed by atoms with E-state index in [1.165, 1.54) is 0 Å². The van der Waals surface area contributed by atoms with Crippen LogP contribution in [-0.4, -0.2) is 11.2 Å². The summed E-state index contributed by atoms with van der Waals surface area (Å²) >= 11 is 0. The topological polar surface area (TPSA) is 18.5 Å². The van der Waals surface area contributed by atoms with Gasteiger partial charge in [0.2, 0.25) is 0 Å². The maximum absolute atomic E-state index is 5.44. The Bertz CT molecular complexity index is 172. The summed E-state index contributed by atoms with van der Waals surface area (Å²) in [5, 5.41) is 0. The van der Waals surface area contributed by atoms with Gasteiger partial charge < -0.3 is 0 Å². The molecule has 0 aromatic carbocycles. The zero-order valence-corrected chi connectivity index (χ0v) is 9.73. The molecule has 0 spiro atoms. The maximum Gasteiger partial charge on any atom is 0.0985 e. The number of hydrogen-bond donors (Lipinski definition) is 0. The lowest BCUT2D eigenvalue weighted by Gasteiger charge is -2.30. The van der Waals surface area contributed by atoms with Crippen LogP contribution in [0.2, 0.25) is 0 Å². The summed E-state index contributed by atoms with van der Waals surface area (Å²) in [6, 6.07) is 0. The van der Waals surface area contributed by atoms with Gasteiger partial charge in [-0.2, -0.15) is 0 Å². The quantitative estimate of drug-likeness (QED) is 0.540. The second-order valence-electron chi connectivity index (χ2n) is 6.20.